The molecular weight excluding hydrogens is 152 g/mol. The molecule has 0 saturated carbocycles. The van der Waals surface area contributed by atoms with E-state index < -0.39 is 5.41 Å². The van der Waals surface area contributed by atoms with Gasteiger partial charge in [-0.25, -0.2) is 0 Å². The van der Waals surface area contributed by atoms with Crippen LogP contribution in [-0.2, 0) is 10.2 Å². The van der Waals surface area contributed by atoms with Gasteiger partial charge in [-0.15, -0.1) is 0 Å². The fourth-order valence-corrected chi connectivity index (χ4v) is 1.41. The Morgan fingerprint density at radius 2 is 1.92 bits per heavy atom. The van der Waals surface area contributed by atoms with Crippen molar-refractivity contribution in [3.8, 4) is 5.75 Å². The summed E-state index contributed by atoms with van der Waals surface area (Å²) < 4.78 is 5.08. The monoisotopic (exact) mass is 162 g/mol. The molecule has 0 unspecified atom stereocenters. The van der Waals surface area contributed by atoms with Crippen molar-refractivity contribution in [2.24, 2.45) is 0 Å². The van der Waals surface area contributed by atoms with Gasteiger partial charge in [0.1, 0.15) is 5.75 Å². The van der Waals surface area contributed by atoms with E-state index in [1.165, 1.54) is 0 Å². The molecule has 0 fully saturated rings. The van der Waals surface area contributed by atoms with Gasteiger partial charge in [-0.2, -0.15) is 0 Å². The van der Waals surface area contributed by atoms with Crippen LogP contribution in [0.3, 0.4) is 0 Å². The molecule has 0 aliphatic carbocycles. The largest absolute Gasteiger partial charge is 0.426 e. The lowest BCUT2D eigenvalue weighted by Gasteiger charge is -2.11. The molecular formula is C10H10O2. The zero-order valence-corrected chi connectivity index (χ0v) is 7.13. The lowest BCUT2D eigenvalue weighted by Crippen LogP contribution is -2.25. The normalized spacial score (nSPS) is 18.7. The van der Waals surface area contributed by atoms with Gasteiger partial charge in [-0.3, -0.25) is 4.79 Å². The Labute approximate surface area is 71.2 Å². The van der Waals surface area contributed by atoms with Crippen LogP contribution in [0.5, 0.6) is 5.75 Å². The Morgan fingerprint density at radius 1 is 1.25 bits per heavy atom. The molecule has 0 atom stereocenters. The number of esters is 1. The number of carbonyl (C=O) groups excluding carboxylic acids is 1. The van der Waals surface area contributed by atoms with Gasteiger partial charge in [0.05, 0.1) is 5.41 Å². The van der Waals surface area contributed by atoms with E-state index in [4.69, 9.17) is 4.74 Å². The van der Waals surface area contributed by atoms with Crippen molar-refractivity contribution in [1.29, 1.82) is 0 Å². The van der Waals surface area contributed by atoms with Gasteiger partial charge in [-0.1, -0.05) is 18.2 Å². The molecule has 62 valence electrons. The zero-order valence-electron chi connectivity index (χ0n) is 7.13. The Morgan fingerprint density at radius 3 is 2.58 bits per heavy atom. The molecule has 2 nitrogen and oxygen atoms in total. The highest BCUT2D eigenvalue weighted by Crippen LogP contribution is 2.38. The lowest BCUT2D eigenvalue weighted by atomic mass is 9.86. The minimum Gasteiger partial charge on any atom is -0.426 e. The molecule has 1 aromatic carbocycles. The molecule has 0 spiro atoms. The first-order chi connectivity index (χ1) is 5.62. The van der Waals surface area contributed by atoms with Gasteiger partial charge >= 0.3 is 5.97 Å². The molecule has 2 rings (SSSR count). The van der Waals surface area contributed by atoms with Crippen molar-refractivity contribution in [3.05, 3.63) is 29.8 Å². The van der Waals surface area contributed by atoms with Crippen LogP contribution in [0.1, 0.15) is 19.4 Å². The minimum absolute atomic E-state index is 0.163. The maximum atomic E-state index is 11.3. The van der Waals surface area contributed by atoms with Gasteiger partial charge in [0.2, 0.25) is 0 Å². The number of rotatable bonds is 0. The summed E-state index contributed by atoms with van der Waals surface area (Å²) in [7, 11) is 0. The topological polar surface area (TPSA) is 26.3 Å². The molecule has 0 bridgehead atoms. The van der Waals surface area contributed by atoms with Crippen LogP contribution in [-0.4, -0.2) is 5.97 Å². The first kappa shape index (κ1) is 7.35. The summed E-state index contributed by atoms with van der Waals surface area (Å²) in [5, 5.41) is 0. The van der Waals surface area contributed by atoms with E-state index in [-0.39, 0.29) is 5.97 Å². The van der Waals surface area contributed by atoms with Crippen molar-refractivity contribution in [3.63, 3.8) is 0 Å². The predicted molar refractivity (Wildman–Crippen MR) is 45.1 cm³/mol. The van der Waals surface area contributed by atoms with E-state index in [0.29, 0.717) is 5.75 Å². The highest BCUT2D eigenvalue weighted by atomic mass is 16.5. The third-order valence-corrected chi connectivity index (χ3v) is 2.27. The molecule has 1 aromatic rings. The van der Waals surface area contributed by atoms with Crippen molar-refractivity contribution in [2.45, 2.75) is 19.3 Å². The van der Waals surface area contributed by atoms with Crippen molar-refractivity contribution >= 4 is 5.97 Å². The summed E-state index contributed by atoms with van der Waals surface area (Å²) in [6.45, 7) is 3.75. The molecule has 0 saturated heterocycles. The summed E-state index contributed by atoms with van der Waals surface area (Å²) in [5.74, 6) is 0.538. The molecule has 0 amide bonds. The second kappa shape index (κ2) is 2.09. The summed E-state index contributed by atoms with van der Waals surface area (Å²) in [5.41, 5.74) is 0.506. The third-order valence-electron chi connectivity index (χ3n) is 2.27. The Hall–Kier alpha value is -1.31. The number of para-hydroxylation sites is 1. The molecule has 0 aromatic heterocycles. The molecule has 1 aliphatic rings. The highest BCUT2D eigenvalue weighted by molar-refractivity contribution is 5.89. The number of benzene rings is 1. The summed E-state index contributed by atoms with van der Waals surface area (Å²) in [6, 6.07) is 7.54. The predicted octanol–water partition coefficient (Wildman–Crippen LogP) is 1.88. The standard InChI is InChI=1S/C10H10O2/c1-10(2)7-5-3-4-6-8(7)12-9(10)11/h3-6H,1-2H3. The Bertz CT molecular complexity index is 339. The fraction of sp³-hybridized carbons (Fsp3) is 0.300. The minimum atomic E-state index is -0.476. The van der Waals surface area contributed by atoms with E-state index in [1.54, 1.807) is 0 Å². The average molecular weight is 162 g/mol. The first-order valence-electron chi connectivity index (χ1n) is 3.94. The van der Waals surface area contributed by atoms with E-state index in [9.17, 15) is 4.79 Å². The van der Waals surface area contributed by atoms with Crippen LogP contribution < -0.4 is 4.74 Å². The van der Waals surface area contributed by atoms with E-state index in [2.05, 4.69) is 0 Å². The maximum Gasteiger partial charge on any atom is 0.321 e. The van der Waals surface area contributed by atoms with Crippen molar-refractivity contribution in [2.75, 3.05) is 0 Å². The van der Waals surface area contributed by atoms with Gasteiger partial charge in [0, 0.05) is 5.56 Å². The molecule has 0 radical (unpaired) electrons. The second-order valence-electron chi connectivity index (χ2n) is 3.51. The SMILES string of the molecule is CC1(C)C(=O)Oc2ccccc21. The molecule has 2 heteroatoms. The van der Waals surface area contributed by atoms with E-state index in [0.717, 1.165) is 5.56 Å². The number of fused-ring (bicyclic) bond motifs is 1. The lowest BCUT2D eigenvalue weighted by molar-refractivity contribution is -0.137. The van der Waals surface area contributed by atoms with Crippen LogP contribution in [0.4, 0.5) is 0 Å². The third kappa shape index (κ3) is 0.779. The van der Waals surface area contributed by atoms with Crippen LogP contribution in [0.25, 0.3) is 0 Å². The van der Waals surface area contributed by atoms with Gasteiger partial charge < -0.3 is 4.74 Å². The van der Waals surface area contributed by atoms with Crippen molar-refractivity contribution in [1.82, 2.24) is 0 Å². The summed E-state index contributed by atoms with van der Waals surface area (Å²) in [4.78, 5) is 11.3. The number of hydrogen-bond donors (Lipinski definition) is 0. The maximum absolute atomic E-state index is 11.3. The van der Waals surface area contributed by atoms with Gasteiger partial charge in [0.25, 0.3) is 0 Å². The van der Waals surface area contributed by atoms with Crippen LogP contribution >= 0.6 is 0 Å². The number of carbonyl (C=O) groups is 1. The van der Waals surface area contributed by atoms with E-state index in [1.807, 2.05) is 38.1 Å². The van der Waals surface area contributed by atoms with Gasteiger partial charge in [-0.05, 0) is 19.9 Å². The Balaban J connectivity index is 2.63. The van der Waals surface area contributed by atoms with Gasteiger partial charge in [0.15, 0.2) is 0 Å². The summed E-state index contributed by atoms with van der Waals surface area (Å²) in [6.07, 6.45) is 0. The van der Waals surface area contributed by atoms with Crippen molar-refractivity contribution < 1.29 is 9.53 Å². The first-order valence-corrected chi connectivity index (χ1v) is 3.94. The van der Waals surface area contributed by atoms with Crippen LogP contribution in [0, 0.1) is 0 Å². The molecule has 1 aliphatic heterocycles. The zero-order chi connectivity index (χ0) is 8.77. The van der Waals surface area contributed by atoms with Crippen LogP contribution in [0.2, 0.25) is 0 Å². The molecule has 1 heterocycles. The Kier molecular flexibility index (Phi) is 1.28. The van der Waals surface area contributed by atoms with Crippen LogP contribution in [0.15, 0.2) is 24.3 Å². The highest BCUT2D eigenvalue weighted by Gasteiger charge is 2.40. The van der Waals surface area contributed by atoms with E-state index >= 15 is 0 Å². The summed E-state index contributed by atoms with van der Waals surface area (Å²) >= 11 is 0. The number of ether oxygens (including phenoxy) is 1. The average Bonchev–Trinajstić information content (AvgIpc) is 2.25. The fourth-order valence-electron chi connectivity index (χ4n) is 1.41. The smallest absolute Gasteiger partial charge is 0.321 e. The second-order valence-corrected chi connectivity index (χ2v) is 3.51. The molecule has 0 N–H and O–H groups in total. The quantitative estimate of drug-likeness (QED) is 0.430. The number of hydrogen-bond acceptors (Lipinski definition) is 2. The molecule has 12 heavy (non-hydrogen) atoms.